The Hall–Kier alpha value is -0.840. The summed E-state index contributed by atoms with van der Waals surface area (Å²) in [5, 5.41) is 12.1. The lowest BCUT2D eigenvalue weighted by Gasteiger charge is -2.31. The first-order valence-electron chi connectivity index (χ1n) is 5.88. The quantitative estimate of drug-likeness (QED) is 0.891. The van der Waals surface area contributed by atoms with Gasteiger partial charge in [0.25, 0.3) is 0 Å². The average Bonchev–Trinajstić information content (AvgIpc) is 2.38. The van der Waals surface area contributed by atoms with E-state index in [1.165, 1.54) is 22.5 Å². The van der Waals surface area contributed by atoms with Crippen LogP contribution in [0.1, 0.15) is 12.5 Å². The SMILES string of the molecule is C[C@H]1CN(S(=O)(=O)c2ccc(C#N)c(Cl)c2)CCN1.Cl. The number of sulfonamides is 1. The Labute approximate surface area is 130 Å². The monoisotopic (exact) mass is 335 g/mol. The van der Waals surface area contributed by atoms with Gasteiger partial charge in [0.15, 0.2) is 0 Å². The van der Waals surface area contributed by atoms with Gasteiger partial charge < -0.3 is 5.32 Å². The fraction of sp³-hybridized carbons (Fsp3) is 0.417. The van der Waals surface area contributed by atoms with Gasteiger partial charge in [-0.15, -0.1) is 12.4 Å². The van der Waals surface area contributed by atoms with Crippen molar-refractivity contribution in [3.63, 3.8) is 0 Å². The highest BCUT2D eigenvalue weighted by Crippen LogP contribution is 2.23. The first-order valence-corrected chi connectivity index (χ1v) is 7.70. The molecule has 1 aliphatic heterocycles. The third-order valence-electron chi connectivity index (χ3n) is 3.03. The normalized spacial score (nSPS) is 19.9. The van der Waals surface area contributed by atoms with Crippen molar-refractivity contribution in [2.24, 2.45) is 0 Å². The molecule has 20 heavy (non-hydrogen) atoms. The van der Waals surface area contributed by atoms with E-state index in [1.54, 1.807) is 0 Å². The van der Waals surface area contributed by atoms with Gasteiger partial charge >= 0.3 is 0 Å². The molecule has 1 fully saturated rings. The Morgan fingerprint density at radius 3 is 2.75 bits per heavy atom. The molecule has 5 nitrogen and oxygen atoms in total. The van der Waals surface area contributed by atoms with Gasteiger partial charge in [-0.2, -0.15) is 9.57 Å². The van der Waals surface area contributed by atoms with Crippen LogP contribution in [-0.2, 0) is 10.0 Å². The van der Waals surface area contributed by atoms with Gasteiger partial charge in [-0.1, -0.05) is 11.6 Å². The minimum Gasteiger partial charge on any atom is -0.312 e. The van der Waals surface area contributed by atoms with Crippen molar-refractivity contribution in [3.8, 4) is 6.07 Å². The average molecular weight is 336 g/mol. The van der Waals surface area contributed by atoms with Crippen molar-refractivity contribution in [1.29, 1.82) is 5.26 Å². The minimum atomic E-state index is -3.54. The summed E-state index contributed by atoms with van der Waals surface area (Å²) in [6.07, 6.45) is 0. The topological polar surface area (TPSA) is 73.2 Å². The van der Waals surface area contributed by atoms with E-state index in [-0.39, 0.29) is 33.9 Å². The fourth-order valence-corrected chi connectivity index (χ4v) is 3.86. The molecular formula is C12H15Cl2N3O2S. The highest BCUT2D eigenvalue weighted by atomic mass is 35.5. The first-order chi connectivity index (χ1) is 8.95. The molecule has 0 unspecified atom stereocenters. The zero-order valence-electron chi connectivity index (χ0n) is 10.8. The summed E-state index contributed by atoms with van der Waals surface area (Å²) in [4.78, 5) is 0.130. The molecule has 110 valence electrons. The number of nitrogens with zero attached hydrogens (tertiary/aromatic N) is 2. The van der Waals surface area contributed by atoms with Crippen molar-refractivity contribution in [1.82, 2.24) is 9.62 Å². The molecule has 1 aliphatic rings. The van der Waals surface area contributed by atoms with E-state index in [1.807, 2.05) is 13.0 Å². The number of rotatable bonds is 2. The van der Waals surface area contributed by atoms with Crippen molar-refractivity contribution in [3.05, 3.63) is 28.8 Å². The molecule has 2 rings (SSSR count). The standard InChI is InChI=1S/C12H14ClN3O2S.ClH/c1-9-8-16(5-4-15-9)19(17,18)11-3-2-10(7-14)12(13)6-11;/h2-3,6,9,15H,4-5,8H2,1H3;1H/t9-;/m0./s1. The summed E-state index contributed by atoms with van der Waals surface area (Å²) in [6.45, 7) is 3.43. The van der Waals surface area contributed by atoms with Crippen molar-refractivity contribution in [2.75, 3.05) is 19.6 Å². The summed E-state index contributed by atoms with van der Waals surface area (Å²) in [7, 11) is -3.54. The van der Waals surface area contributed by atoms with E-state index in [9.17, 15) is 8.42 Å². The fourth-order valence-electron chi connectivity index (χ4n) is 2.01. The van der Waals surface area contributed by atoms with Crippen LogP contribution >= 0.6 is 24.0 Å². The molecule has 1 atom stereocenters. The molecule has 0 aliphatic carbocycles. The Morgan fingerprint density at radius 1 is 1.50 bits per heavy atom. The van der Waals surface area contributed by atoms with Crippen LogP contribution in [0.15, 0.2) is 23.1 Å². The van der Waals surface area contributed by atoms with Gasteiger partial charge in [0, 0.05) is 25.7 Å². The molecule has 0 aromatic heterocycles. The summed E-state index contributed by atoms with van der Waals surface area (Å²) < 4.78 is 26.3. The predicted molar refractivity (Wildman–Crippen MR) is 79.6 cm³/mol. The second kappa shape index (κ2) is 6.74. The van der Waals surface area contributed by atoms with Gasteiger partial charge in [0.2, 0.25) is 10.0 Å². The van der Waals surface area contributed by atoms with Crippen LogP contribution in [0.25, 0.3) is 0 Å². The summed E-state index contributed by atoms with van der Waals surface area (Å²) in [5.41, 5.74) is 0.272. The molecule has 8 heteroatoms. The third-order valence-corrected chi connectivity index (χ3v) is 5.20. The lowest BCUT2D eigenvalue weighted by Crippen LogP contribution is -2.51. The number of hydrogen-bond donors (Lipinski definition) is 1. The number of benzene rings is 1. The largest absolute Gasteiger partial charge is 0.312 e. The van der Waals surface area contributed by atoms with Crippen LogP contribution < -0.4 is 5.32 Å². The number of nitriles is 1. The van der Waals surface area contributed by atoms with E-state index in [4.69, 9.17) is 16.9 Å². The second-order valence-electron chi connectivity index (χ2n) is 4.47. The van der Waals surface area contributed by atoms with Gasteiger partial charge in [0.05, 0.1) is 15.5 Å². The van der Waals surface area contributed by atoms with Crippen LogP contribution in [-0.4, -0.2) is 38.4 Å². The Bertz CT molecular complexity index is 628. The smallest absolute Gasteiger partial charge is 0.243 e. The molecular weight excluding hydrogens is 321 g/mol. The molecule has 1 heterocycles. The molecule has 0 bridgehead atoms. The maximum absolute atomic E-state index is 12.4. The zero-order chi connectivity index (χ0) is 14.0. The predicted octanol–water partition coefficient (Wildman–Crippen LogP) is 1.62. The van der Waals surface area contributed by atoms with Gasteiger partial charge in [-0.25, -0.2) is 8.42 Å². The van der Waals surface area contributed by atoms with Crippen molar-refractivity contribution >= 4 is 34.0 Å². The van der Waals surface area contributed by atoms with Crippen LogP contribution in [0.4, 0.5) is 0 Å². The van der Waals surface area contributed by atoms with E-state index in [0.29, 0.717) is 19.6 Å². The molecule has 1 aromatic carbocycles. The zero-order valence-corrected chi connectivity index (χ0v) is 13.2. The molecule has 1 saturated heterocycles. The van der Waals surface area contributed by atoms with Crippen molar-refractivity contribution < 1.29 is 8.42 Å². The van der Waals surface area contributed by atoms with Crippen LogP contribution in [0, 0.1) is 11.3 Å². The lowest BCUT2D eigenvalue weighted by atomic mass is 10.2. The first kappa shape index (κ1) is 17.2. The molecule has 1 N–H and O–H groups in total. The lowest BCUT2D eigenvalue weighted by molar-refractivity contribution is 0.310. The highest BCUT2D eigenvalue weighted by Gasteiger charge is 2.28. The maximum Gasteiger partial charge on any atom is 0.243 e. The molecule has 0 amide bonds. The Kier molecular flexibility index (Phi) is 5.80. The molecule has 1 aromatic rings. The van der Waals surface area contributed by atoms with Crippen LogP contribution in [0.5, 0.6) is 0 Å². The molecule has 0 radical (unpaired) electrons. The van der Waals surface area contributed by atoms with Gasteiger partial charge in [-0.05, 0) is 25.1 Å². The van der Waals surface area contributed by atoms with E-state index in [2.05, 4.69) is 5.32 Å². The summed E-state index contributed by atoms with van der Waals surface area (Å²) in [5.74, 6) is 0. The number of hydrogen-bond acceptors (Lipinski definition) is 4. The second-order valence-corrected chi connectivity index (χ2v) is 6.82. The Balaban J connectivity index is 0.00000200. The van der Waals surface area contributed by atoms with E-state index in [0.717, 1.165) is 0 Å². The number of halogens is 2. The van der Waals surface area contributed by atoms with E-state index >= 15 is 0 Å². The van der Waals surface area contributed by atoms with E-state index < -0.39 is 10.0 Å². The highest BCUT2D eigenvalue weighted by molar-refractivity contribution is 7.89. The molecule has 0 saturated carbocycles. The van der Waals surface area contributed by atoms with Gasteiger partial charge in [-0.3, -0.25) is 0 Å². The van der Waals surface area contributed by atoms with Crippen LogP contribution in [0.3, 0.4) is 0 Å². The number of piperazine rings is 1. The summed E-state index contributed by atoms with van der Waals surface area (Å²) in [6, 6.07) is 6.22. The minimum absolute atomic E-state index is 0. The third kappa shape index (κ3) is 3.43. The maximum atomic E-state index is 12.4. The molecule has 0 spiro atoms. The van der Waals surface area contributed by atoms with Crippen LogP contribution in [0.2, 0.25) is 5.02 Å². The van der Waals surface area contributed by atoms with Crippen molar-refractivity contribution in [2.45, 2.75) is 17.9 Å². The number of nitrogens with one attached hydrogen (secondary N) is 1. The Morgan fingerprint density at radius 2 is 2.20 bits per heavy atom. The van der Waals surface area contributed by atoms with Gasteiger partial charge in [0.1, 0.15) is 6.07 Å². The summed E-state index contributed by atoms with van der Waals surface area (Å²) >= 11 is 5.89.